The van der Waals surface area contributed by atoms with Crippen LogP contribution in [0.25, 0.3) is 11.0 Å². The predicted molar refractivity (Wildman–Crippen MR) is 134 cm³/mol. The summed E-state index contributed by atoms with van der Waals surface area (Å²) >= 11 is 0. The van der Waals surface area contributed by atoms with Crippen LogP contribution in [-0.4, -0.2) is 63.2 Å². The maximum absolute atomic E-state index is 13.7. The summed E-state index contributed by atoms with van der Waals surface area (Å²) < 4.78 is 22.9. The molecule has 0 saturated carbocycles. The van der Waals surface area contributed by atoms with Gasteiger partial charge in [-0.15, -0.1) is 0 Å². The summed E-state index contributed by atoms with van der Waals surface area (Å²) in [7, 11) is 5.52. The molecule has 2 aromatic carbocycles. The van der Waals surface area contributed by atoms with Gasteiger partial charge in [-0.1, -0.05) is 6.07 Å². The first-order valence-corrected chi connectivity index (χ1v) is 11.9. The van der Waals surface area contributed by atoms with Crippen LogP contribution < -0.4 is 19.6 Å². The molecule has 1 atom stereocenters. The van der Waals surface area contributed by atoms with Gasteiger partial charge in [0.25, 0.3) is 5.91 Å². The summed E-state index contributed by atoms with van der Waals surface area (Å²) in [4.78, 5) is 31.1. The average molecular weight is 481 g/mol. The summed E-state index contributed by atoms with van der Waals surface area (Å²) in [5.74, 6) is 1.54. The van der Waals surface area contributed by atoms with Crippen molar-refractivity contribution in [2.75, 3.05) is 47.5 Å². The number of fused-ring (bicyclic) bond motifs is 2. The van der Waals surface area contributed by atoms with Crippen LogP contribution in [0.4, 0.5) is 0 Å². The van der Waals surface area contributed by atoms with Crippen LogP contribution >= 0.6 is 0 Å². The van der Waals surface area contributed by atoms with Crippen molar-refractivity contribution in [1.82, 2.24) is 9.80 Å². The van der Waals surface area contributed by atoms with E-state index in [1.54, 1.807) is 30.2 Å². The maximum atomic E-state index is 13.7. The molecule has 0 N–H and O–H groups in total. The van der Waals surface area contributed by atoms with Crippen molar-refractivity contribution in [3.05, 3.63) is 63.5 Å². The van der Waals surface area contributed by atoms with Crippen molar-refractivity contribution in [1.29, 1.82) is 0 Å². The Kier molecular flexibility index (Phi) is 7.31. The lowest BCUT2D eigenvalue weighted by Crippen LogP contribution is -2.32. The van der Waals surface area contributed by atoms with E-state index in [9.17, 15) is 9.59 Å². The highest BCUT2D eigenvalue weighted by Crippen LogP contribution is 2.41. The van der Waals surface area contributed by atoms with Crippen molar-refractivity contribution in [3.63, 3.8) is 0 Å². The molecule has 1 unspecified atom stereocenters. The zero-order chi connectivity index (χ0) is 25.1. The van der Waals surface area contributed by atoms with E-state index in [4.69, 9.17) is 18.6 Å². The Morgan fingerprint density at radius 1 is 1.00 bits per heavy atom. The second kappa shape index (κ2) is 10.4. The number of ether oxygens (including phenoxy) is 3. The molecule has 0 bridgehead atoms. The summed E-state index contributed by atoms with van der Waals surface area (Å²) in [5.41, 5.74) is 1.24. The van der Waals surface area contributed by atoms with Crippen LogP contribution in [0.1, 0.15) is 48.0 Å². The standard InChI is InChI=1S/C27H32N2O6/c1-6-33-20-12-9-17(15-22(20)34-7-2)24-23-25(30)19-11-10-18(32-5)16-21(19)35-26(23)27(31)29(24)14-8-13-28(3)4/h9-12,15-16,24H,6-8,13-14H2,1-5H3. The van der Waals surface area contributed by atoms with Gasteiger partial charge in [-0.2, -0.15) is 0 Å². The zero-order valence-corrected chi connectivity index (χ0v) is 20.9. The number of methoxy groups -OCH3 is 1. The molecule has 0 radical (unpaired) electrons. The first kappa shape index (κ1) is 24.6. The van der Waals surface area contributed by atoms with Crippen LogP contribution in [0.2, 0.25) is 0 Å². The van der Waals surface area contributed by atoms with E-state index in [0.717, 1.165) is 18.5 Å². The van der Waals surface area contributed by atoms with E-state index in [-0.39, 0.29) is 17.1 Å². The topological polar surface area (TPSA) is 81.5 Å². The largest absolute Gasteiger partial charge is 0.497 e. The van der Waals surface area contributed by atoms with Crippen LogP contribution in [-0.2, 0) is 0 Å². The van der Waals surface area contributed by atoms with Gasteiger partial charge in [0, 0.05) is 12.6 Å². The minimum atomic E-state index is -0.586. The molecule has 1 aromatic heterocycles. The lowest BCUT2D eigenvalue weighted by atomic mass is 9.98. The second-order valence-electron chi connectivity index (χ2n) is 8.67. The van der Waals surface area contributed by atoms with Gasteiger partial charge in [-0.25, -0.2) is 0 Å². The first-order chi connectivity index (χ1) is 16.9. The van der Waals surface area contributed by atoms with E-state index in [1.165, 1.54) is 0 Å². The normalized spacial score (nSPS) is 15.1. The third-order valence-corrected chi connectivity index (χ3v) is 6.06. The van der Waals surface area contributed by atoms with Crippen LogP contribution in [0.15, 0.2) is 45.6 Å². The minimum Gasteiger partial charge on any atom is -0.497 e. The quantitative estimate of drug-likeness (QED) is 0.432. The Morgan fingerprint density at radius 2 is 1.74 bits per heavy atom. The molecular weight excluding hydrogens is 448 g/mol. The highest BCUT2D eigenvalue weighted by molar-refractivity contribution is 5.99. The van der Waals surface area contributed by atoms with E-state index in [0.29, 0.717) is 53.5 Å². The Bertz CT molecular complexity index is 1280. The van der Waals surface area contributed by atoms with Gasteiger partial charge in [-0.05, 0) is 70.7 Å². The molecule has 3 aromatic rings. The zero-order valence-electron chi connectivity index (χ0n) is 20.9. The Morgan fingerprint density at radius 3 is 2.43 bits per heavy atom. The molecule has 0 aliphatic carbocycles. The van der Waals surface area contributed by atoms with Crippen LogP contribution in [0.5, 0.6) is 17.2 Å². The van der Waals surface area contributed by atoms with E-state index < -0.39 is 6.04 Å². The van der Waals surface area contributed by atoms with Crippen molar-refractivity contribution in [3.8, 4) is 17.2 Å². The Balaban J connectivity index is 1.88. The fraction of sp³-hybridized carbons (Fsp3) is 0.407. The SMILES string of the molecule is CCOc1ccc(C2c3c(oc4cc(OC)ccc4c3=O)C(=O)N2CCCN(C)C)cc1OCC. The number of benzene rings is 2. The third-order valence-electron chi connectivity index (χ3n) is 6.06. The number of carbonyl (C=O) groups is 1. The number of nitrogens with zero attached hydrogens (tertiary/aromatic N) is 2. The molecule has 2 heterocycles. The van der Waals surface area contributed by atoms with Gasteiger partial charge in [-0.3, -0.25) is 9.59 Å². The lowest BCUT2D eigenvalue weighted by molar-refractivity contribution is 0.0722. The monoisotopic (exact) mass is 480 g/mol. The summed E-state index contributed by atoms with van der Waals surface area (Å²) in [6.07, 6.45) is 0.750. The molecule has 0 spiro atoms. The van der Waals surface area contributed by atoms with Gasteiger partial charge in [0.1, 0.15) is 11.3 Å². The molecular formula is C27H32N2O6. The van der Waals surface area contributed by atoms with Gasteiger partial charge in [0.15, 0.2) is 16.9 Å². The third kappa shape index (κ3) is 4.71. The Labute approximate surface area is 205 Å². The fourth-order valence-electron chi connectivity index (χ4n) is 4.50. The number of hydrogen-bond donors (Lipinski definition) is 0. The summed E-state index contributed by atoms with van der Waals surface area (Å²) in [6, 6.07) is 10.0. The molecule has 1 aliphatic heterocycles. The van der Waals surface area contributed by atoms with E-state index in [2.05, 4.69) is 4.90 Å². The minimum absolute atomic E-state index is 0.0810. The van der Waals surface area contributed by atoms with Gasteiger partial charge in [0.05, 0.1) is 37.3 Å². The number of amides is 1. The number of hydrogen-bond acceptors (Lipinski definition) is 7. The fourth-order valence-corrected chi connectivity index (χ4v) is 4.50. The summed E-state index contributed by atoms with van der Waals surface area (Å²) in [5, 5.41) is 0.411. The van der Waals surface area contributed by atoms with Crippen LogP contribution in [0.3, 0.4) is 0 Å². The number of carbonyl (C=O) groups excluding carboxylic acids is 1. The lowest BCUT2D eigenvalue weighted by Gasteiger charge is -2.26. The molecule has 0 saturated heterocycles. The molecule has 0 fully saturated rings. The van der Waals surface area contributed by atoms with Crippen LogP contribution in [0, 0.1) is 0 Å². The molecule has 1 aliphatic rings. The van der Waals surface area contributed by atoms with Crippen molar-refractivity contribution in [2.45, 2.75) is 26.3 Å². The average Bonchev–Trinajstić information content (AvgIpc) is 3.12. The van der Waals surface area contributed by atoms with Gasteiger partial charge < -0.3 is 28.4 Å². The highest BCUT2D eigenvalue weighted by atomic mass is 16.5. The highest BCUT2D eigenvalue weighted by Gasteiger charge is 2.42. The molecule has 35 heavy (non-hydrogen) atoms. The van der Waals surface area contributed by atoms with Gasteiger partial charge >= 0.3 is 0 Å². The molecule has 186 valence electrons. The number of rotatable bonds is 10. The predicted octanol–water partition coefficient (Wildman–Crippen LogP) is 4.10. The van der Waals surface area contributed by atoms with Crippen molar-refractivity contribution < 1.29 is 23.4 Å². The summed E-state index contributed by atoms with van der Waals surface area (Å²) in [6.45, 7) is 6.06. The molecule has 8 heteroatoms. The molecule has 4 rings (SSSR count). The second-order valence-corrected chi connectivity index (χ2v) is 8.67. The smallest absolute Gasteiger partial charge is 0.290 e. The van der Waals surface area contributed by atoms with Crippen molar-refractivity contribution >= 4 is 16.9 Å². The molecule has 8 nitrogen and oxygen atoms in total. The Hall–Kier alpha value is -3.52. The van der Waals surface area contributed by atoms with E-state index >= 15 is 0 Å². The van der Waals surface area contributed by atoms with E-state index in [1.807, 2.05) is 46.1 Å². The maximum Gasteiger partial charge on any atom is 0.290 e. The first-order valence-electron chi connectivity index (χ1n) is 11.9. The molecule has 1 amide bonds. The van der Waals surface area contributed by atoms with Crippen molar-refractivity contribution in [2.24, 2.45) is 0 Å². The van der Waals surface area contributed by atoms with Gasteiger partial charge in [0.2, 0.25) is 5.76 Å².